The van der Waals surface area contributed by atoms with Crippen molar-refractivity contribution in [2.24, 2.45) is 0 Å². The number of hydrogen-bond acceptors (Lipinski definition) is 3. The summed E-state index contributed by atoms with van der Waals surface area (Å²) < 4.78 is 5.65. The van der Waals surface area contributed by atoms with Gasteiger partial charge < -0.3 is 9.84 Å². The van der Waals surface area contributed by atoms with Crippen LogP contribution in [0.1, 0.15) is 45.1 Å². The molecule has 116 valence electrons. The summed E-state index contributed by atoms with van der Waals surface area (Å²) in [5.74, 6) is 0.143. The van der Waals surface area contributed by atoms with Crippen LogP contribution < -0.4 is 4.74 Å². The number of likely N-dealkylation sites (tertiary alicyclic amines) is 1. The summed E-state index contributed by atoms with van der Waals surface area (Å²) in [6, 6.07) is 7.98. The average molecular weight is 291 g/mol. The van der Waals surface area contributed by atoms with Crippen molar-refractivity contribution in [3.63, 3.8) is 0 Å². The molecule has 1 aromatic carbocycles. The van der Waals surface area contributed by atoms with Gasteiger partial charge in [0.1, 0.15) is 11.3 Å². The third-order valence-electron chi connectivity index (χ3n) is 4.25. The highest BCUT2D eigenvalue weighted by molar-refractivity contribution is 5.78. The van der Waals surface area contributed by atoms with Gasteiger partial charge in [-0.15, -0.1) is 0 Å². The monoisotopic (exact) mass is 291 g/mol. The zero-order chi connectivity index (χ0) is 15.3. The van der Waals surface area contributed by atoms with E-state index in [0.717, 1.165) is 37.1 Å². The predicted molar refractivity (Wildman–Crippen MR) is 82.5 cm³/mol. The van der Waals surface area contributed by atoms with Crippen LogP contribution >= 0.6 is 0 Å². The van der Waals surface area contributed by atoms with Crippen LogP contribution in [-0.4, -0.2) is 34.7 Å². The van der Waals surface area contributed by atoms with Crippen molar-refractivity contribution in [1.29, 1.82) is 0 Å². The number of aliphatic carboxylic acids is 1. The van der Waals surface area contributed by atoms with Crippen molar-refractivity contribution in [2.45, 2.75) is 51.6 Å². The van der Waals surface area contributed by atoms with E-state index in [1.54, 1.807) is 0 Å². The lowest BCUT2D eigenvalue weighted by atomic mass is 9.88. The molecule has 4 nitrogen and oxygen atoms in total. The third-order valence-corrected chi connectivity index (χ3v) is 4.25. The van der Waals surface area contributed by atoms with Gasteiger partial charge in [0, 0.05) is 6.54 Å². The number of rotatable bonds is 6. The molecule has 1 saturated heterocycles. The van der Waals surface area contributed by atoms with Crippen LogP contribution in [0, 0.1) is 0 Å². The molecule has 1 fully saturated rings. The van der Waals surface area contributed by atoms with E-state index < -0.39 is 11.5 Å². The highest BCUT2D eigenvalue weighted by Crippen LogP contribution is 2.30. The van der Waals surface area contributed by atoms with Crippen molar-refractivity contribution < 1.29 is 14.6 Å². The molecule has 0 aliphatic carbocycles. The van der Waals surface area contributed by atoms with E-state index in [1.165, 1.54) is 0 Å². The number of nitrogens with zero attached hydrogens (tertiary/aromatic N) is 1. The average Bonchev–Trinajstić information content (AvgIpc) is 2.48. The molecule has 4 heteroatoms. The van der Waals surface area contributed by atoms with Crippen LogP contribution in [0.15, 0.2) is 24.3 Å². The smallest absolute Gasteiger partial charge is 0.323 e. The summed E-state index contributed by atoms with van der Waals surface area (Å²) in [5, 5.41) is 9.55. The van der Waals surface area contributed by atoms with Gasteiger partial charge in [0.05, 0.1) is 6.61 Å². The van der Waals surface area contributed by atoms with E-state index in [2.05, 4.69) is 11.8 Å². The maximum atomic E-state index is 11.6. The minimum absolute atomic E-state index is 0.659. The molecule has 0 amide bonds. The zero-order valence-electron chi connectivity index (χ0n) is 13.0. The van der Waals surface area contributed by atoms with Crippen LogP contribution in [0.4, 0.5) is 0 Å². The number of piperidine rings is 1. The first-order valence-electron chi connectivity index (χ1n) is 7.76. The summed E-state index contributed by atoms with van der Waals surface area (Å²) in [6.07, 6.45) is 3.75. The van der Waals surface area contributed by atoms with Crippen molar-refractivity contribution in [2.75, 3.05) is 13.2 Å². The number of benzene rings is 1. The Morgan fingerprint density at radius 1 is 1.43 bits per heavy atom. The fourth-order valence-electron chi connectivity index (χ4n) is 2.85. The first-order valence-corrected chi connectivity index (χ1v) is 7.76. The van der Waals surface area contributed by atoms with E-state index >= 15 is 0 Å². The summed E-state index contributed by atoms with van der Waals surface area (Å²) >= 11 is 0. The number of carbonyl (C=O) groups is 1. The van der Waals surface area contributed by atoms with E-state index in [1.807, 2.05) is 31.2 Å². The molecule has 2 rings (SSSR count). The Kier molecular flexibility index (Phi) is 5.23. The van der Waals surface area contributed by atoms with Gasteiger partial charge in [-0.2, -0.15) is 0 Å². The van der Waals surface area contributed by atoms with Crippen molar-refractivity contribution in [3.8, 4) is 5.75 Å². The molecule has 0 radical (unpaired) electrons. The fraction of sp³-hybridized carbons (Fsp3) is 0.588. The van der Waals surface area contributed by atoms with Crippen LogP contribution in [0.3, 0.4) is 0 Å². The first kappa shape index (κ1) is 15.8. The van der Waals surface area contributed by atoms with E-state index in [0.29, 0.717) is 19.6 Å². The quantitative estimate of drug-likeness (QED) is 0.873. The largest absolute Gasteiger partial charge is 0.494 e. The molecule has 1 unspecified atom stereocenters. The van der Waals surface area contributed by atoms with Gasteiger partial charge in [-0.3, -0.25) is 9.69 Å². The summed E-state index contributed by atoms with van der Waals surface area (Å²) in [6.45, 7) is 6.12. The normalized spacial score (nSPS) is 23.0. The second-order valence-electron chi connectivity index (χ2n) is 5.95. The van der Waals surface area contributed by atoms with Crippen molar-refractivity contribution in [1.82, 2.24) is 4.90 Å². The molecule has 1 aliphatic heterocycles. The summed E-state index contributed by atoms with van der Waals surface area (Å²) in [7, 11) is 0. The van der Waals surface area contributed by atoms with Gasteiger partial charge in [0.25, 0.3) is 0 Å². The Bertz CT molecular complexity index is 489. The van der Waals surface area contributed by atoms with Gasteiger partial charge in [0.15, 0.2) is 0 Å². The molecule has 1 aliphatic rings. The standard InChI is InChI=1S/C17H25NO3/c1-3-11-21-15-8-6-7-14(12-15)13-18-10-5-4-9-17(18,2)16(19)20/h6-8,12H,3-5,9-11,13H2,1-2H3,(H,19,20). The second kappa shape index (κ2) is 6.94. The Morgan fingerprint density at radius 2 is 2.24 bits per heavy atom. The Balaban J connectivity index is 2.10. The lowest BCUT2D eigenvalue weighted by Crippen LogP contribution is -2.54. The Labute approximate surface area is 126 Å². The van der Waals surface area contributed by atoms with Crippen molar-refractivity contribution in [3.05, 3.63) is 29.8 Å². The molecule has 0 aromatic heterocycles. The fourth-order valence-corrected chi connectivity index (χ4v) is 2.85. The SMILES string of the molecule is CCCOc1cccc(CN2CCCCC2(C)C(=O)O)c1. The maximum absolute atomic E-state index is 11.6. The molecule has 1 atom stereocenters. The van der Waals surface area contributed by atoms with Crippen molar-refractivity contribution >= 4 is 5.97 Å². The molecule has 0 bridgehead atoms. The van der Waals surface area contributed by atoms with Gasteiger partial charge in [0.2, 0.25) is 0 Å². The predicted octanol–water partition coefficient (Wildman–Crippen LogP) is 3.30. The zero-order valence-corrected chi connectivity index (χ0v) is 13.0. The molecule has 1 heterocycles. The van der Waals surface area contributed by atoms with Crippen LogP contribution in [0.25, 0.3) is 0 Å². The van der Waals surface area contributed by atoms with Gasteiger partial charge in [-0.05, 0) is 56.8 Å². The number of carboxylic acid groups (broad SMARTS) is 1. The highest BCUT2D eigenvalue weighted by atomic mass is 16.5. The highest BCUT2D eigenvalue weighted by Gasteiger charge is 2.41. The van der Waals surface area contributed by atoms with Crippen LogP contribution in [-0.2, 0) is 11.3 Å². The van der Waals surface area contributed by atoms with Crippen LogP contribution in [0.5, 0.6) is 5.75 Å². The lowest BCUT2D eigenvalue weighted by Gasteiger charge is -2.41. The number of carboxylic acids is 1. The van der Waals surface area contributed by atoms with E-state index in [4.69, 9.17) is 4.74 Å². The molecule has 0 spiro atoms. The lowest BCUT2D eigenvalue weighted by molar-refractivity contribution is -0.153. The molecule has 0 saturated carbocycles. The third kappa shape index (κ3) is 3.76. The molecule has 1 N–H and O–H groups in total. The van der Waals surface area contributed by atoms with Gasteiger partial charge in [-0.25, -0.2) is 0 Å². The number of ether oxygens (including phenoxy) is 1. The topological polar surface area (TPSA) is 49.8 Å². The Morgan fingerprint density at radius 3 is 2.95 bits per heavy atom. The van der Waals surface area contributed by atoms with Gasteiger partial charge in [-0.1, -0.05) is 19.1 Å². The van der Waals surface area contributed by atoms with Crippen LogP contribution in [0.2, 0.25) is 0 Å². The van der Waals surface area contributed by atoms with E-state index in [9.17, 15) is 9.90 Å². The molecular weight excluding hydrogens is 266 g/mol. The molecular formula is C17H25NO3. The maximum Gasteiger partial charge on any atom is 0.323 e. The van der Waals surface area contributed by atoms with E-state index in [-0.39, 0.29) is 0 Å². The summed E-state index contributed by atoms with van der Waals surface area (Å²) in [4.78, 5) is 13.7. The van der Waals surface area contributed by atoms with Gasteiger partial charge >= 0.3 is 5.97 Å². The second-order valence-corrected chi connectivity index (χ2v) is 5.95. The summed E-state index contributed by atoms with van der Waals surface area (Å²) in [5.41, 5.74) is 0.358. The minimum atomic E-state index is -0.751. The number of hydrogen-bond donors (Lipinski definition) is 1. The first-order chi connectivity index (χ1) is 10.1. The molecule has 21 heavy (non-hydrogen) atoms. The minimum Gasteiger partial charge on any atom is -0.494 e. The molecule has 1 aromatic rings. The Hall–Kier alpha value is -1.55.